The molecule has 1 amide bonds. The van der Waals surface area contributed by atoms with Gasteiger partial charge < -0.3 is 5.32 Å². The van der Waals surface area contributed by atoms with Crippen LogP contribution in [0.4, 0.5) is 10.2 Å². The summed E-state index contributed by atoms with van der Waals surface area (Å²) >= 11 is 0. The third kappa shape index (κ3) is 4.15. The maximum absolute atomic E-state index is 14.4. The highest BCUT2D eigenvalue weighted by Gasteiger charge is 2.44. The normalized spacial score (nSPS) is 16.7. The van der Waals surface area contributed by atoms with E-state index in [1.54, 1.807) is 49.0 Å². The fourth-order valence-corrected chi connectivity index (χ4v) is 5.65. The summed E-state index contributed by atoms with van der Waals surface area (Å²) < 4.78 is 16.0. The highest BCUT2D eigenvalue weighted by molar-refractivity contribution is 6.09. The maximum Gasteiger partial charge on any atom is 0.235 e. The maximum atomic E-state index is 14.4. The molecule has 2 aliphatic rings. The van der Waals surface area contributed by atoms with Gasteiger partial charge in [-0.1, -0.05) is 43.9 Å². The molecule has 1 N–H and O–H groups in total. The summed E-state index contributed by atoms with van der Waals surface area (Å²) in [4.78, 5) is 40.3. The van der Waals surface area contributed by atoms with E-state index >= 15 is 0 Å². The number of amides is 1. The zero-order valence-electron chi connectivity index (χ0n) is 21.5. The second-order valence-electron chi connectivity index (χ2n) is 10.8. The van der Waals surface area contributed by atoms with E-state index in [1.165, 1.54) is 18.9 Å². The number of halogens is 1. The molecule has 0 spiro atoms. The monoisotopic (exact) mass is 512 g/mol. The number of carbonyl (C=O) groups excluding carboxylic acids is 2. The smallest absolute Gasteiger partial charge is 0.235 e. The van der Waals surface area contributed by atoms with E-state index in [9.17, 15) is 14.0 Å². The average Bonchev–Trinajstić information content (AvgIpc) is 3.61. The molecule has 1 fully saturated rings. The van der Waals surface area contributed by atoms with E-state index in [4.69, 9.17) is 10.1 Å². The summed E-state index contributed by atoms with van der Waals surface area (Å²) in [7, 11) is 0. The van der Waals surface area contributed by atoms with Crippen LogP contribution in [0.2, 0.25) is 0 Å². The van der Waals surface area contributed by atoms with Gasteiger partial charge in [0.1, 0.15) is 23.0 Å². The van der Waals surface area contributed by atoms with Gasteiger partial charge >= 0.3 is 0 Å². The van der Waals surface area contributed by atoms with Crippen molar-refractivity contribution in [3.8, 4) is 11.5 Å². The van der Waals surface area contributed by atoms with Crippen molar-refractivity contribution in [1.82, 2.24) is 24.7 Å². The van der Waals surface area contributed by atoms with Gasteiger partial charge in [-0.25, -0.2) is 24.0 Å². The van der Waals surface area contributed by atoms with E-state index in [2.05, 4.69) is 15.3 Å². The Morgan fingerprint density at radius 3 is 2.71 bits per heavy atom. The molecule has 0 saturated heterocycles. The molecule has 194 valence electrons. The summed E-state index contributed by atoms with van der Waals surface area (Å²) in [6.45, 7) is 3.74. The number of anilines is 1. The van der Waals surface area contributed by atoms with Crippen LogP contribution in [0, 0.1) is 11.7 Å². The van der Waals surface area contributed by atoms with Crippen LogP contribution in [0.1, 0.15) is 74.0 Å². The lowest BCUT2D eigenvalue weighted by atomic mass is 9.84. The number of nitrogens with zero attached hydrogens (tertiary/aromatic N) is 5. The molecule has 4 aromatic rings. The zero-order valence-corrected chi connectivity index (χ0v) is 21.5. The van der Waals surface area contributed by atoms with Crippen LogP contribution in [-0.4, -0.2) is 36.4 Å². The van der Waals surface area contributed by atoms with Crippen molar-refractivity contribution in [3.63, 3.8) is 0 Å². The van der Waals surface area contributed by atoms with Crippen LogP contribution >= 0.6 is 0 Å². The van der Waals surface area contributed by atoms with Crippen LogP contribution in [-0.2, 0) is 16.8 Å². The summed E-state index contributed by atoms with van der Waals surface area (Å²) in [6.07, 6.45) is 7.59. The number of Topliss-reactive ketones (excluding diaryl/α,β-unsaturated/α-hetero) is 1. The van der Waals surface area contributed by atoms with Crippen molar-refractivity contribution in [2.75, 3.05) is 5.32 Å². The molecule has 0 unspecified atom stereocenters. The van der Waals surface area contributed by atoms with Gasteiger partial charge in [-0.05, 0) is 44.4 Å². The number of hydrogen-bond donors (Lipinski definition) is 1. The molecule has 6 rings (SSSR count). The third-order valence-corrected chi connectivity index (χ3v) is 7.85. The molecule has 0 bridgehead atoms. The minimum Gasteiger partial charge on any atom is -0.310 e. The number of hydrogen-bond acceptors (Lipinski definition) is 6. The molecule has 1 aliphatic carbocycles. The van der Waals surface area contributed by atoms with Crippen molar-refractivity contribution >= 4 is 28.5 Å². The van der Waals surface area contributed by atoms with Gasteiger partial charge in [-0.2, -0.15) is 5.10 Å². The number of benzene rings is 1. The number of fused-ring (bicyclic) bond motifs is 2. The van der Waals surface area contributed by atoms with Gasteiger partial charge in [0.05, 0.1) is 17.3 Å². The van der Waals surface area contributed by atoms with E-state index in [-0.39, 0.29) is 35.6 Å². The first-order valence-electron chi connectivity index (χ1n) is 13.2. The van der Waals surface area contributed by atoms with E-state index in [1.807, 2.05) is 6.07 Å². The van der Waals surface area contributed by atoms with Crippen LogP contribution in [0.3, 0.4) is 0 Å². The summed E-state index contributed by atoms with van der Waals surface area (Å²) in [5, 5.41) is 8.25. The topological polar surface area (TPSA) is 103 Å². The van der Waals surface area contributed by atoms with Crippen molar-refractivity contribution in [3.05, 3.63) is 65.2 Å². The van der Waals surface area contributed by atoms with Crippen molar-refractivity contribution in [2.45, 2.75) is 64.3 Å². The quantitative estimate of drug-likeness (QED) is 0.330. The van der Waals surface area contributed by atoms with E-state index < -0.39 is 5.41 Å². The molecule has 1 aromatic carbocycles. The van der Waals surface area contributed by atoms with Crippen LogP contribution in [0.15, 0.2) is 42.6 Å². The zero-order chi connectivity index (χ0) is 26.4. The summed E-state index contributed by atoms with van der Waals surface area (Å²) in [5.41, 5.74) is 1.33. The Kier molecular flexibility index (Phi) is 6.01. The Hall–Kier alpha value is -4.01. The van der Waals surface area contributed by atoms with E-state index in [0.29, 0.717) is 46.0 Å². The number of nitrogens with one attached hydrogen (secondary N) is 1. The molecule has 38 heavy (non-hydrogen) atoms. The third-order valence-electron chi connectivity index (χ3n) is 7.85. The average molecular weight is 513 g/mol. The van der Waals surface area contributed by atoms with Gasteiger partial charge in [-0.15, -0.1) is 0 Å². The fourth-order valence-electron chi connectivity index (χ4n) is 5.65. The molecule has 1 saturated carbocycles. The Labute approximate surface area is 219 Å². The fraction of sp³-hybridized carbons (Fsp3) is 0.379. The lowest BCUT2D eigenvalue weighted by molar-refractivity contribution is -0.119. The lowest BCUT2D eigenvalue weighted by Gasteiger charge is -2.18. The van der Waals surface area contributed by atoms with Crippen LogP contribution in [0.5, 0.6) is 0 Å². The standard InChI is InChI=1S/C29H29FN6O2/c1-29(2)22-24(21(37)14-13-17-8-3-4-9-17)32-26(33-25(22)34-28(29)38)23-19-11-7-15-31-27(19)36(35-23)16-18-10-5-6-12-20(18)30/h5-7,10-12,15,17H,3-4,8-9,13-14,16H2,1-2H3,(H,32,33,34,38). The number of aromatic nitrogens is 5. The lowest BCUT2D eigenvalue weighted by Crippen LogP contribution is -2.28. The Balaban J connectivity index is 1.45. The van der Waals surface area contributed by atoms with Crippen molar-refractivity contribution in [1.29, 1.82) is 0 Å². The largest absolute Gasteiger partial charge is 0.310 e. The minimum atomic E-state index is -0.931. The Bertz CT molecular complexity index is 1570. The summed E-state index contributed by atoms with van der Waals surface area (Å²) in [6, 6.07) is 10.2. The predicted molar refractivity (Wildman–Crippen MR) is 141 cm³/mol. The molecule has 4 heterocycles. The number of carbonyl (C=O) groups is 2. The van der Waals surface area contributed by atoms with Gasteiger partial charge in [-0.3, -0.25) is 9.59 Å². The number of rotatable bonds is 7. The first-order valence-corrected chi connectivity index (χ1v) is 13.2. The van der Waals surface area contributed by atoms with Gasteiger partial charge in [0.25, 0.3) is 0 Å². The molecule has 1 aliphatic heterocycles. The molecule has 0 radical (unpaired) electrons. The highest BCUT2D eigenvalue weighted by Crippen LogP contribution is 2.40. The summed E-state index contributed by atoms with van der Waals surface area (Å²) in [5.74, 6) is 0.494. The SMILES string of the molecule is CC1(C)C(=O)Nc2nc(-c3nn(Cc4ccccc4F)c4ncccc34)nc(C(=O)CCC3CCCC3)c21. The van der Waals surface area contributed by atoms with Gasteiger partial charge in [0.2, 0.25) is 5.91 Å². The molecule has 9 heteroatoms. The molecular formula is C29H29FN6O2. The predicted octanol–water partition coefficient (Wildman–Crippen LogP) is 5.46. The first-order chi connectivity index (χ1) is 18.3. The van der Waals surface area contributed by atoms with Gasteiger partial charge in [0.15, 0.2) is 17.3 Å². The Morgan fingerprint density at radius 2 is 1.92 bits per heavy atom. The minimum absolute atomic E-state index is 0.0883. The van der Waals surface area contributed by atoms with Crippen molar-refractivity contribution in [2.24, 2.45) is 5.92 Å². The second-order valence-corrected chi connectivity index (χ2v) is 10.8. The first kappa shape index (κ1) is 24.3. The van der Waals surface area contributed by atoms with Crippen LogP contribution < -0.4 is 5.32 Å². The van der Waals surface area contributed by atoms with Gasteiger partial charge in [0, 0.05) is 23.7 Å². The number of ketones is 1. The molecule has 0 atom stereocenters. The van der Waals surface area contributed by atoms with E-state index in [0.717, 1.165) is 19.3 Å². The molecular weight excluding hydrogens is 483 g/mol. The Morgan fingerprint density at radius 1 is 1.13 bits per heavy atom. The molecule has 3 aromatic heterocycles. The second kappa shape index (κ2) is 9.38. The highest BCUT2D eigenvalue weighted by atomic mass is 19.1. The molecule has 8 nitrogen and oxygen atoms in total. The van der Waals surface area contributed by atoms with Crippen LogP contribution in [0.25, 0.3) is 22.6 Å². The van der Waals surface area contributed by atoms with Crippen molar-refractivity contribution < 1.29 is 14.0 Å². The number of pyridine rings is 1.